The maximum absolute atomic E-state index is 11.3. The number of nitrogens with one attached hydrogen (secondary N) is 1. The zero-order valence-corrected chi connectivity index (χ0v) is 12.1. The molecule has 0 aromatic heterocycles. The van der Waals surface area contributed by atoms with Crippen molar-refractivity contribution >= 4 is 5.97 Å². The van der Waals surface area contributed by atoms with Crippen LogP contribution < -0.4 is 5.32 Å². The van der Waals surface area contributed by atoms with Gasteiger partial charge in [0.1, 0.15) is 0 Å². The molecule has 0 bridgehead atoms. The Morgan fingerprint density at radius 3 is 2.33 bits per heavy atom. The fraction of sp³-hybridized carbons (Fsp3) is 0.929. The first-order valence-electron chi connectivity index (χ1n) is 6.84. The number of aliphatic hydroxyl groups excluding tert-OH is 1. The van der Waals surface area contributed by atoms with Crippen LogP contribution in [-0.2, 0) is 4.79 Å². The summed E-state index contributed by atoms with van der Waals surface area (Å²) in [7, 11) is 0. The quantitative estimate of drug-likeness (QED) is 0.719. The maximum atomic E-state index is 11.3. The first kappa shape index (κ1) is 15.4. The van der Waals surface area contributed by atoms with Gasteiger partial charge in [0.25, 0.3) is 0 Å². The molecule has 106 valence electrons. The van der Waals surface area contributed by atoms with Gasteiger partial charge in [-0.05, 0) is 38.0 Å². The standard InChI is InChI=1S/C14H27NO3/c1-8-12(15-9(2)10(3)16)7-6-11(13(17)18)14(8,4)5/h8-12,15-16H,6-7H2,1-5H3,(H,17,18). The molecule has 1 aliphatic carbocycles. The van der Waals surface area contributed by atoms with Crippen molar-refractivity contribution in [3.05, 3.63) is 0 Å². The van der Waals surface area contributed by atoms with Crippen molar-refractivity contribution in [2.75, 3.05) is 0 Å². The third-order valence-electron chi connectivity index (χ3n) is 4.94. The molecule has 5 atom stereocenters. The van der Waals surface area contributed by atoms with Gasteiger partial charge in [0.05, 0.1) is 12.0 Å². The Hall–Kier alpha value is -0.610. The van der Waals surface area contributed by atoms with Crippen molar-refractivity contribution in [1.82, 2.24) is 5.32 Å². The molecule has 1 fully saturated rings. The number of aliphatic carboxylic acids is 1. The molecule has 0 aromatic rings. The van der Waals surface area contributed by atoms with E-state index in [0.29, 0.717) is 6.42 Å². The summed E-state index contributed by atoms with van der Waals surface area (Å²) < 4.78 is 0. The van der Waals surface area contributed by atoms with Crippen molar-refractivity contribution in [3.8, 4) is 0 Å². The highest BCUT2D eigenvalue weighted by Gasteiger charge is 2.46. The fourth-order valence-electron chi connectivity index (χ4n) is 2.95. The number of rotatable bonds is 4. The Bertz CT molecular complexity index is 301. The van der Waals surface area contributed by atoms with E-state index in [1.807, 2.05) is 20.8 Å². The molecular weight excluding hydrogens is 230 g/mol. The van der Waals surface area contributed by atoms with Gasteiger partial charge in [0, 0.05) is 12.1 Å². The van der Waals surface area contributed by atoms with Crippen molar-refractivity contribution in [1.29, 1.82) is 0 Å². The number of carboxylic acid groups (broad SMARTS) is 1. The third kappa shape index (κ3) is 3.04. The van der Waals surface area contributed by atoms with Gasteiger partial charge >= 0.3 is 5.97 Å². The van der Waals surface area contributed by atoms with Crippen LogP contribution >= 0.6 is 0 Å². The molecule has 18 heavy (non-hydrogen) atoms. The summed E-state index contributed by atoms with van der Waals surface area (Å²) in [6.07, 6.45) is 1.17. The van der Waals surface area contributed by atoms with Crippen LogP contribution in [0.1, 0.15) is 47.5 Å². The highest BCUT2D eigenvalue weighted by atomic mass is 16.4. The van der Waals surface area contributed by atoms with E-state index in [1.165, 1.54) is 0 Å². The summed E-state index contributed by atoms with van der Waals surface area (Å²) in [6.45, 7) is 9.93. The van der Waals surface area contributed by atoms with E-state index >= 15 is 0 Å². The number of aliphatic hydroxyl groups is 1. The van der Waals surface area contributed by atoms with Crippen LogP contribution in [0, 0.1) is 17.3 Å². The summed E-state index contributed by atoms with van der Waals surface area (Å²) in [5.41, 5.74) is -0.222. The average molecular weight is 257 g/mol. The highest BCUT2D eigenvalue weighted by molar-refractivity contribution is 5.71. The summed E-state index contributed by atoms with van der Waals surface area (Å²) in [6, 6.07) is 0.315. The van der Waals surface area contributed by atoms with E-state index in [1.54, 1.807) is 6.92 Å². The molecule has 0 heterocycles. The van der Waals surface area contributed by atoms with Crippen molar-refractivity contribution in [3.63, 3.8) is 0 Å². The van der Waals surface area contributed by atoms with Gasteiger partial charge in [0.2, 0.25) is 0 Å². The monoisotopic (exact) mass is 257 g/mol. The maximum Gasteiger partial charge on any atom is 0.307 e. The minimum Gasteiger partial charge on any atom is -0.481 e. The number of hydrogen-bond acceptors (Lipinski definition) is 3. The Kier molecular flexibility index (Phi) is 4.78. The smallest absolute Gasteiger partial charge is 0.307 e. The fourth-order valence-corrected chi connectivity index (χ4v) is 2.95. The van der Waals surface area contributed by atoms with E-state index in [4.69, 9.17) is 0 Å². The second kappa shape index (κ2) is 5.57. The van der Waals surface area contributed by atoms with Crippen LogP contribution in [0.3, 0.4) is 0 Å². The van der Waals surface area contributed by atoms with E-state index < -0.39 is 12.1 Å². The molecule has 3 N–H and O–H groups in total. The number of carbonyl (C=O) groups is 1. The van der Waals surface area contributed by atoms with Crippen LogP contribution in [-0.4, -0.2) is 34.4 Å². The highest BCUT2D eigenvalue weighted by Crippen LogP contribution is 2.45. The van der Waals surface area contributed by atoms with Gasteiger partial charge < -0.3 is 15.5 Å². The molecular formula is C14H27NO3. The Morgan fingerprint density at radius 1 is 1.33 bits per heavy atom. The second-order valence-electron chi connectivity index (χ2n) is 6.38. The molecule has 1 saturated carbocycles. The average Bonchev–Trinajstić information content (AvgIpc) is 2.23. The van der Waals surface area contributed by atoms with Crippen LogP contribution in [0.15, 0.2) is 0 Å². The molecule has 1 rings (SSSR count). The molecule has 0 spiro atoms. The molecule has 1 aliphatic rings. The minimum absolute atomic E-state index is 0.0367. The van der Waals surface area contributed by atoms with Gasteiger partial charge in [-0.1, -0.05) is 20.8 Å². The van der Waals surface area contributed by atoms with Gasteiger partial charge in [0.15, 0.2) is 0 Å². The first-order valence-corrected chi connectivity index (χ1v) is 6.84. The largest absolute Gasteiger partial charge is 0.481 e. The summed E-state index contributed by atoms with van der Waals surface area (Å²) >= 11 is 0. The minimum atomic E-state index is -0.686. The number of carboxylic acids is 1. The molecule has 4 heteroatoms. The lowest BCUT2D eigenvalue weighted by Crippen LogP contribution is -2.54. The van der Waals surface area contributed by atoms with Gasteiger partial charge in [-0.2, -0.15) is 0 Å². The van der Waals surface area contributed by atoms with Gasteiger partial charge in [-0.25, -0.2) is 0 Å². The Labute approximate surface area is 110 Å². The van der Waals surface area contributed by atoms with Crippen LogP contribution in [0.2, 0.25) is 0 Å². The SMILES string of the molecule is CC(O)C(C)NC1CCC(C(=O)O)C(C)(C)C1C. The van der Waals surface area contributed by atoms with E-state index in [2.05, 4.69) is 12.2 Å². The van der Waals surface area contributed by atoms with Crippen molar-refractivity contribution in [2.24, 2.45) is 17.3 Å². The predicted molar refractivity (Wildman–Crippen MR) is 71.4 cm³/mol. The van der Waals surface area contributed by atoms with Crippen molar-refractivity contribution < 1.29 is 15.0 Å². The lowest BCUT2D eigenvalue weighted by Gasteiger charge is -2.47. The molecule has 0 saturated heterocycles. The normalized spacial score (nSPS) is 34.9. The summed E-state index contributed by atoms with van der Waals surface area (Å²) in [5, 5.41) is 22.3. The van der Waals surface area contributed by atoms with E-state index in [-0.39, 0.29) is 29.3 Å². The summed E-state index contributed by atoms with van der Waals surface area (Å²) in [5.74, 6) is -0.685. The second-order valence-corrected chi connectivity index (χ2v) is 6.38. The van der Waals surface area contributed by atoms with Crippen molar-refractivity contribution in [2.45, 2.75) is 65.6 Å². The molecule has 5 unspecified atom stereocenters. The van der Waals surface area contributed by atoms with Crippen LogP contribution in [0.5, 0.6) is 0 Å². The lowest BCUT2D eigenvalue weighted by atomic mass is 9.61. The first-order chi connectivity index (χ1) is 8.17. The van der Waals surface area contributed by atoms with Crippen LogP contribution in [0.4, 0.5) is 0 Å². The molecule has 0 aromatic carbocycles. The zero-order chi connectivity index (χ0) is 14.1. The van der Waals surface area contributed by atoms with Gasteiger partial charge in [-0.15, -0.1) is 0 Å². The third-order valence-corrected chi connectivity index (χ3v) is 4.94. The van der Waals surface area contributed by atoms with E-state index in [0.717, 1.165) is 6.42 Å². The van der Waals surface area contributed by atoms with Crippen LogP contribution in [0.25, 0.3) is 0 Å². The molecule has 0 amide bonds. The topological polar surface area (TPSA) is 69.6 Å². The van der Waals surface area contributed by atoms with E-state index in [9.17, 15) is 15.0 Å². The van der Waals surface area contributed by atoms with Gasteiger partial charge in [-0.3, -0.25) is 4.79 Å². The zero-order valence-electron chi connectivity index (χ0n) is 12.1. The molecule has 4 nitrogen and oxygen atoms in total. The predicted octanol–water partition coefficient (Wildman–Crippen LogP) is 1.87. The number of hydrogen-bond donors (Lipinski definition) is 3. The Balaban J connectivity index is 2.75. The lowest BCUT2D eigenvalue weighted by molar-refractivity contribution is -0.150. The summed E-state index contributed by atoms with van der Waals surface area (Å²) in [4.78, 5) is 11.3. The molecule has 0 aliphatic heterocycles. The molecule has 0 radical (unpaired) electrons. The Morgan fingerprint density at radius 2 is 1.89 bits per heavy atom.